The molecule has 0 radical (unpaired) electrons. The van der Waals surface area contributed by atoms with Gasteiger partial charge in [-0.3, -0.25) is 9.78 Å². The highest BCUT2D eigenvalue weighted by Crippen LogP contribution is 2.63. The van der Waals surface area contributed by atoms with E-state index in [1.165, 1.54) is 12.1 Å². The first-order chi connectivity index (χ1) is 15.7. The molecule has 3 aromatic rings. The van der Waals surface area contributed by atoms with E-state index in [-0.39, 0.29) is 29.4 Å². The molecule has 1 heterocycles. The normalized spacial score (nSPS) is 24.9. The van der Waals surface area contributed by atoms with Crippen LogP contribution in [0.1, 0.15) is 60.3 Å². The van der Waals surface area contributed by atoms with Gasteiger partial charge in [-0.05, 0) is 97.4 Å². The van der Waals surface area contributed by atoms with Gasteiger partial charge in [0, 0.05) is 23.9 Å². The van der Waals surface area contributed by atoms with E-state index in [2.05, 4.69) is 4.98 Å². The number of hydrogen-bond acceptors (Lipinski definition) is 2. The Morgan fingerprint density at radius 3 is 2.45 bits per heavy atom. The first-order valence-electron chi connectivity index (χ1n) is 11.4. The van der Waals surface area contributed by atoms with Gasteiger partial charge >= 0.3 is 6.18 Å². The molecular weight excluding hydrogens is 430 g/mol. The minimum atomic E-state index is -4.37. The average molecular weight is 455 g/mol. The van der Waals surface area contributed by atoms with E-state index in [0.717, 1.165) is 60.7 Å². The van der Waals surface area contributed by atoms with Crippen molar-refractivity contribution in [3.05, 3.63) is 76.7 Å². The van der Waals surface area contributed by atoms with Gasteiger partial charge in [0.15, 0.2) is 0 Å². The van der Waals surface area contributed by atoms with Crippen molar-refractivity contribution in [3.8, 4) is 0 Å². The van der Waals surface area contributed by atoms with Crippen molar-refractivity contribution in [2.45, 2.75) is 57.5 Å². The zero-order chi connectivity index (χ0) is 23.4. The van der Waals surface area contributed by atoms with Crippen LogP contribution in [0.4, 0.5) is 17.6 Å². The number of rotatable bonds is 4. The fourth-order valence-corrected chi connectivity index (χ4v) is 5.64. The second-order valence-corrected chi connectivity index (χ2v) is 9.75. The van der Waals surface area contributed by atoms with Crippen LogP contribution in [0.25, 0.3) is 10.9 Å². The molecule has 2 aromatic carbocycles. The van der Waals surface area contributed by atoms with Gasteiger partial charge in [0.25, 0.3) is 0 Å². The summed E-state index contributed by atoms with van der Waals surface area (Å²) in [4.78, 5) is 17.3. The lowest BCUT2D eigenvalue weighted by Gasteiger charge is -2.30. The predicted octanol–water partition coefficient (Wildman–Crippen LogP) is 7.18. The first-order valence-corrected chi connectivity index (χ1v) is 11.4. The van der Waals surface area contributed by atoms with Crippen molar-refractivity contribution in [1.29, 1.82) is 0 Å². The largest absolute Gasteiger partial charge is 0.416 e. The molecule has 1 atom stereocenters. The summed E-state index contributed by atoms with van der Waals surface area (Å²) in [7, 11) is 0. The fraction of sp³-hybridized carbons (Fsp3) is 0.407. The molecule has 1 unspecified atom stereocenters. The van der Waals surface area contributed by atoms with Crippen LogP contribution in [-0.4, -0.2) is 10.8 Å². The monoisotopic (exact) mass is 455 g/mol. The zero-order valence-electron chi connectivity index (χ0n) is 18.4. The summed E-state index contributed by atoms with van der Waals surface area (Å²) >= 11 is 0. The van der Waals surface area contributed by atoms with E-state index in [9.17, 15) is 22.4 Å². The number of fused-ring (bicyclic) bond motifs is 1. The number of nitrogens with zero attached hydrogens (tertiary/aromatic N) is 1. The van der Waals surface area contributed by atoms with E-state index in [1.807, 2.05) is 6.07 Å². The number of aromatic nitrogens is 1. The standard InChI is InChI=1S/C27H25F4NO/c1-16-12-24-21(14-23(16)28)20(8-11-32-24)18-6-9-26(10-7-18)15-22(26)25(33)13-17-2-4-19(5-3-17)27(29,30)31/h2-5,8,11-12,14,18,22H,6-7,9-10,13,15H2,1H3. The Hall–Kier alpha value is -2.76. The number of Topliss-reactive ketones (excluding diaryl/α,β-unsaturated/α-hetero) is 1. The van der Waals surface area contributed by atoms with Crippen LogP contribution in [0, 0.1) is 24.1 Å². The molecule has 0 amide bonds. The Kier molecular flexibility index (Phi) is 5.30. The maximum atomic E-state index is 14.2. The number of aryl methyl sites for hydroxylation is 1. The number of hydrogen-bond donors (Lipinski definition) is 0. The van der Waals surface area contributed by atoms with Crippen LogP contribution in [0.3, 0.4) is 0 Å². The van der Waals surface area contributed by atoms with Gasteiger partial charge in [0.1, 0.15) is 11.6 Å². The molecule has 2 saturated carbocycles. The van der Waals surface area contributed by atoms with Crippen molar-refractivity contribution in [3.63, 3.8) is 0 Å². The molecule has 2 aliphatic carbocycles. The summed E-state index contributed by atoms with van der Waals surface area (Å²) in [5.41, 5.74) is 2.49. The molecule has 0 saturated heterocycles. The molecule has 2 fully saturated rings. The molecule has 0 N–H and O–H groups in total. The van der Waals surface area contributed by atoms with Gasteiger partial charge in [0.05, 0.1) is 11.1 Å². The Bertz CT molecular complexity index is 1210. The molecule has 2 nitrogen and oxygen atoms in total. The molecule has 33 heavy (non-hydrogen) atoms. The summed E-state index contributed by atoms with van der Waals surface area (Å²) in [6, 6.07) is 10.3. The summed E-state index contributed by atoms with van der Waals surface area (Å²) in [5, 5.41) is 0.868. The van der Waals surface area contributed by atoms with Gasteiger partial charge in [0.2, 0.25) is 0 Å². The molecule has 1 spiro atoms. The Morgan fingerprint density at radius 2 is 1.79 bits per heavy atom. The maximum absolute atomic E-state index is 14.2. The summed E-state index contributed by atoms with van der Waals surface area (Å²) < 4.78 is 52.5. The van der Waals surface area contributed by atoms with Crippen molar-refractivity contribution >= 4 is 16.7 Å². The summed E-state index contributed by atoms with van der Waals surface area (Å²) in [6.45, 7) is 1.74. The summed E-state index contributed by atoms with van der Waals surface area (Å²) in [5.74, 6) is 0.213. The van der Waals surface area contributed by atoms with Crippen LogP contribution in [0.15, 0.2) is 48.7 Å². The second kappa shape index (κ2) is 7.93. The summed E-state index contributed by atoms with van der Waals surface area (Å²) in [6.07, 6.45) is 2.24. The highest BCUT2D eigenvalue weighted by atomic mass is 19.4. The lowest BCUT2D eigenvalue weighted by molar-refractivity contribution is -0.137. The van der Waals surface area contributed by atoms with E-state index in [1.54, 1.807) is 25.3 Å². The van der Waals surface area contributed by atoms with Crippen LogP contribution < -0.4 is 0 Å². The number of halogens is 4. The van der Waals surface area contributed by atoms with Crippen LogP contribution in [0.5, 0.6) is 0 Å². The lowest BCUT2D eigenvalue weighted by atomic mass is 9.74. The van der Waals surface area contributed by atoms with Crippen LogP contribution in [0.2, 0.25) is 0 Å². The number of ketones is 1. The minimum absolute atomic E-state index is 0.00461. The van der Waals surface area contributed by atoms with E-state index in [4.69, 9.17) is 0 Å². The maximum Gasteiger partial charge on any atom is 0.416 e. The molecule has 6 heteroatoms. The quantitative estimate of drug-likeness (QED) is 0.390. The topological polar surface area (TPSA) is 30.0 Å². The Balaban J connectivity index is 1.24. The number of alkyl halides is 3. The smallest absolute Gasteiger partial charge is 0.299 e. The van der Waals surface area contributed by atoms with Crippen LogP contribution >= 0.6 is 0 Å². The highest BCUT2D eigenvalue weighted by Gasteiger charge is 2.57. The third-order valence-electron chi connectivity index (χ3n) is 7.71. The SMILES string of the molecule is Cc1cc2nccc(C3CCC4(CC3)CC4C(=O)Cc3ccc(C(F)(F)F)cc3)c2cc1F. The minimum Gasteiger partial charge on any atom is -0.299 e. The van der Waals surface area contributed by atoms with Gasteiger partial charge < -0.3 is 0 Å². The van der Waals surface area contributed by atoms with E-state index < -0.39 is 11.7 Å². The van der Waals surface area contributed by atoms with Gasteiger partial charge in [-0.2, -0.15) is 13.2 Å². The van der Waals surface area contributed by atoms with Crippen molar-refractivity contribution in [2.75, 3.05) is 0 Å². The number of carbonyl (C=O) groups is 1. The predicted molar refractivity (Wildman–Crippen MR) is 118 cm³/mol. The Morgan fingerprint density at radius 1 is 1.09 bits per heavy atom. The van der Waals surface area contributed by atoms with Crippen molar-refractivity contribution in [1.82, 2.24) is 4.98 Å². The lowest BCUT2D eigenvalue weighted by Crippen LogP contribution is -2.20. The fourth-order valence-electron chi connectivity index (χ4n) is 5.64. The third kappa shape index (κ3) is 4.16. The zero-order valence-corrected chi connectivity index (χ0v) is 18.4. The van der Waals surface area contributed by atoms with E-state index in [0.29, 0.717) is 17.0 Å². The third-order valence-corrected chi connectivity index (χ3v) is 7.71. The van der Waals surface area contributed by atoms with Crippen molar-refractivity contribution < 1.29 is 22.4 Å². The first kappa shape index (κ1) is 22.1. The van der Waals surface area contributed by atoms with Crippen LogP contribution in [-0.2, 0) is 17.4 Å². The van der Waals surface area contributed by atoms with E-state index >= 15 is 0 Å². The Labute approximate surface area is 190 Å². The average Bonchev–Trinajstić information content (AvgIpc) is 3.48. The number of carbonyl (C=O) groups excluding carboxylic acids is 1. The van der Waals surface area contributed by atoms with Gasteiger partial charge in [-0.1, -0.05) is 12.1 Å². The van der Waals surface area contributed by atoms with Crippen molar-refractivity contribution in [2.24, 2.45) is 11.3 Å². The molecule has 172 valence electrons. The van der Waals surface area contributed by atoms with Gasteiger partial charge in [-0.15, -0.1) is 0 Å². The molecule has 2 aliphatic rings. The number of benzene rings is 2. The highest BCUT2D eigenvalue weighted by molar-refractivity contribution is 5.87. The molecule has 1 aromatic heterocycles. The number of pyridine rings is 1. The molecular formula is C27H25F4NO. The molecule has 5 rings (SSSR count). The van der Waals surface area contributed by atoms with Gasteiger partial charge in [-0.25, -0.2) is 4.39 Å². The molecule has 0 bridgehead atoms. The second-order valence-electron chi connectivity index (χ2n) is 9.75. The molecule has 0 aliphatic heterocycles.